The Morgan fingerprint density at radius 1 is 1.29 bits per heavy atom. The van der Waals surface area contributed by atoms with Crippen LogP contribution < -0.4 is 11.1 Å². The summed E-state index contributed by atoms with van der Waals surface area (Å²) in [6.07, 6.45) is 2.93. The Labute approximate surface area is 102 Å². The summed E-state index contributed by atoms with van der Waals surface area (Å²) < 4.78 is 0. The molecule has 90 valence electrons. The molecule has 0 amide bonds. The van der Waals surface area contributed by atoms with Crippen molar-refractivity contribution in [3.8, 4) is 0 Å². The highest BCUT2D eigenvalue weighted by molar-refractivity contribution is 5.98. The molecule has 0 aliphatic heterocycles. The second kappa shape index (κ2) is 5.04. The van der Waals surface area contributed by atoms with Gasteiger partial charge in [-0.25, -0.2) is 0 Å². The molecule has 0 atom stereocenters. The number of benzene rings is 1. The van der Waals surface area contributed by atoms with Crippen LogP contribution in [0.2, 0.25) is 0 Å². The highest BCUT2D eigenvalue weighted by Gasteiger charge is 2.04. The fourth-order valence-corrected chi connectivity index (χ4v) is 1.84. The number of fused-ring (bicyclic) bond motifs is 1. The maximum absolute atomic E-state index is 5.91. The number of nitrogen functional groups attached to an aromatic ring is 1. The summed E-state index contributed by atoms with van der Waals surface area (Å²) >= 11 is 0. The quantitative estimate of drug-likeness (QED) is 0.791. The van der Waals surface area contributed by atoms with Crippen LogP contribution in [-0.4, -0.2) is 11.5 Å². The van der Waals surface area contributed by atoms with Gasteiger partial charge in [-0.3, -0.25) is 4.98 Å². The van der Waals surface area contributed by atoms with E-state index >= 15 is 0 Å². The van der Waals surface area contributed by atoms with Gasteiger partial charge in [0.2, 0.25) is 0 Å². The minimum atomic E-state index is 0.709. The van der Waals surface area contributed by atoms with Crippen LogP contribution in [-0.2, 0) is 0 Å². The molecule has 1 aromatic carbocycles. The van der Waals surface area contributed by atoms with E-state index in [0.717, 1.165) is 35.2 Å². The fraction of sp³-hybridized carbons (Fsp3) is 0.357. The standard InChI is InChI=1S/C14H19N3/c1-10(2)7-9-16-13-6-5-12(15)14-11(13)4-3-8-17-14/h3-6,8,10,16H,7,9,15H2,1-2H3. The summed E-state index contributed by atoms with van der Waals surface area (Å²) in [6, 6.07) is 7.93. The van der Waals surface area contributed by atoms with Gasteiger partial charge >= 0.3 is 0 Å². The molecule has 3 nitrogen and oxygen atoms in total. The number of pyridine rings is 1. The van der Waals surface area contributed by atoms with E-state index in [0.29, 0.717) is 5.92 Å². The Kier molecular flexibility index (Phi) is 3.47. The monoisotopic (exact) mass is 229 g/mol. The fourth-order valence-electron chi connectivity index (χ4n) is 1.84. The number of nitrogens with one attached hydrogen (secondary N) is 1. The van der Waals surface area contributed by atoms with Crippen molar-refractivity contribution >= 4 is 22.3 Å². The normalized spacial score (nSPS) is 11.0. The molecule has 0 saturated carbocycles. The van der Waals surface area contributed by atoms with E-state index in [4.69, 9.17) is 5.73 Å². The van der Waals surface area contributed by atoms with E-state index in [1.54, 1.807) is 6.20 Å². The summed E-state index contributed by atoms with van der Waals surface area (Å²) in [5.74, 6) is 0.709. The molecule has 0 bridgehead atoms. The largest absolute Gasteiger partial charge is 0.397 e. The molecule has 1 heterocycles. The van der Waals surface area contributed by atoms with Crippen molar-refractivity contribution in [2.24, 2.45) is 5.92 Å². The maximum Gasteiger partial charge on any atom is 0.0951 e. The van der Waals surface area contributed by atoms with Gasteiger partial charge in [-0.1, -0.05) is 13.8 Å². The summed E-state index contributed by atoms with van der Waals surface area (Å²) in [4.78, 5) is 4.32. The number of hydrogen-bond acceptors (Lipinski definition) is 3. The molecule has 0 unspecified atom stereocenters. The number of aromatic nitrogens is 1. The van der Waals surface area contributed by atoms with Crippen molar-refractivity contribution < 1.29 is 0 Å². The third-order valence-corrected chi connectivity index (χ3v) is 2.84. The van der Waals surface area contributed by atoms with E-state index in [1.165, 1.54) is 0 Å². The molecule has 0 spiro atoms. The Bertz CT molecular complexity index is 506. The SMILES string of the molecule is CC(C)CCNc1ccc(N)c2ncccc12. The summed E-state index contributed by atoms with van der Waals surface area (Å²) in [5, 5.41) is 4.54. The topological polar surface area (TPSA) is 50.9 Å². The molecule has 0 saturated heterocycles. The first-order valence-corrected chi connectivity index (χ1v) is 6.05. The molecule has 0 aliphatic rings. The van der Waals surface area contributed by atoms with Gasteiger partial charge in [0.1, 0.15) is 0 Å². The minimum absolute atomic E-state index is 0.709. The molecule has 2 rings (SSSR count). The lowest BCUT2D eigenvalue weighted by Gasteiger charge is -2.11. The molecule has 0 aliphatic carbocycles. The summed E-state index contributed by atoms with van der Waals surface area (Å²) in [5.41, 5.74) is 8.63. The summed E-state index contributed by atoms with van der Waals surface area (Å²) in [7, 11) is 0. The Balaban J connectivity index is 2.26. The minimum Gasteiger partial charge on any atom is -0.397 e. The number of nitrogens with zero attached hydrogens (tertiary/aromatic N) is 1. The molecule has 0 fully saturated rings. The van der Waals surface area contributed by atoms with Gasteiger partial charge in [-0.2, -0.15) is 0 Å². The van der Waals surface area contributed by atoms with Crippen LogP contribution in [0.15, 0.2) is 30.5 Å². The highest BCUT2D eigenvalue weighted by Crippen LogP contribution is 2.26. The van der Waals surface area contributed by atoms with Crippen molar-refractivity contribution in [1.29, 1.82) is 0 Å². The number of anilines is 2. The Hall–Kier alpha value is -1.77. The molecule has 3 N–H and O–H groups in total. The second-order valence-corrected chi connectivity index (χ2v) is 4.71. The van der Waals surface area contributed by atoms with Crippen LogP contribution in [0.4, 0.5) is 11.4 Å². The molecule has 3 heteroatoms. The summed E-state index contributed by atoms with van der Waals surface area (Å²) in [6.45, 7) is 5.43. The Morgan fingerprint density at radius 3 is 2.88 bits per heavy atom. The van der Waals surface area contributed by atoms with Gasteiger partial charge in [-0.05, 0) is 36.6 Å². The van der Waals surface area contributed by atoms with E-state index in [9.17, 15) is 0 Å². The van der Waals surface area contributed by atoms with Crippen molar-refractivity contribution in [2.75, 3.05) is 17.6 Å². The number of nitrogens with two attached hydrogens (primary N) is 1. The van der Waals surface area contributed by atoms with Crippen LogP contribution in [0.1, 0.15) is 20.3 Å². The first-order valence-electron chi connectivity index (χ1n) is 6.05. The predicted molar refractivity (Wildman–Crippen MR) is 74.1 cm³/mol. The average molecular weight is 229 g/mol. The van der Waals surface area contributed by atoms with Gasteiger partial charge < -0.3 is 11.1 Å². The van der Waals surface area contributed by atoms with Crippen LogP contribution in [0, 0.1) is 5.92 Å². The number of hydrogen-bond donors (Lipinski definition) is 2. The van der Waals surface area contributed by atoms with Gasteiger partial charge in [-0.15, -0.1) is 0 Å². The van der Waals surface area contributed by atoms with Crippen molar-refractivity contribution in [2.45, 2.75) is 20.3 Å². The van der Waals surface area contributed by atoms with Gasteiger partial charge in [0.15, 0.2) is 0 Å². The molecule has 0 radical (unpaired) electrons. The first-order chi connectivity index (χ1) is 8.18. The zero-order chi connectivity index (χ0) is 12.3. The van der Waals surface area contributed by atoms with Gasteiger partial charge in [0, 0.05) is 23.8 Å². The van der Waals surface area contributed by atoms with Crippen molar-refractivity contribution in [3.63, 3.8) is 0 Å². The highest BCUT2D eigenvalue weighted by atomic mass is 14.9. The van der Waals surface area contributed by atoms with Crippen molar-refractivity contribution in [3.05, 3.63) is 30.5 Å². The van der Waals surface area contributed by atoms with Crippen LogP contribution in [0.25, 0.3) is 10.9 Å². The van der Waals surface area contributed by atoms with Gasteiger partial charge in [0.25, 0.3) is 0 Å². The zero-order valence-electron chi connectivity index (χ0n) is 10.4. The zero-order valence-corrected chi connectivity index (χ0v) is 10.4. The third-order valence-electron chi connectivity index (χ3n) is 2.84. The lowest BCUT2D eigenvalue weighted by Crippen LogP contribution is -2.05. The molecule has 17 heavy (non-hydrogen) atoms. The predicted octanol–water partition coefficient (Wildman–Crippen LogP) is 3.28. The maximum atomic E-state index is 5.91. The molecule has 1 aromatic heterocycles. The van der Waals surface area contributed by atoms with Crippen molar-refractivity contribution in [1.82, 2.24) is 4.98 Å². The Morgan fingerprint density at radius 2 is 2.12 bits per heavy atom. The van der Waals surface area contributed by atoms with Gasteiger partial charge in [0.05, 0.1) is 11.2 Å². The van der Waals surface area contributed by atoms with Crippen LogP contribution in [0.5, 0.6) is 0 Å². The van der Waals surface area contributed by atoms with E-state index in [-0.39, 0.29) is 0 Å². The second-order valence-electron chi connectivity index (χ2n) is 4.71. The lowest BCUT2D eigenvalue weighted by molar-refractivity contribution is 0.607. The first kappa shape index (κ1) is 11.7. The van der Waals surface area contributed by atoms with E-state index < -0.39 is 0 Å². The van der Waals surface area contributed by atoms with Crippen LogP contribution in [0.3, 0.4) is 0 Å². The molecule has 2 aromatic rings. The lowest BCUT2D eigenvalue weighted by atomic mass is 10.1. The molecular weight excluding hydrogens is 210 g/mol. The van der Waals surface area contributed by atoms with E-state index in [1.807, 2.05) is 18.2 Å². The third kappa shape index (κ3) is 2.67. The smallest absolute Gasteiger partial charge is 0.0951 e. The molecular formula is C14H19N3. The van der Waals surface area contributed by atoms with E-state index in [2.05, 4.69) is 30.2 Å². The average Bonchev–Trinajstić information content (AvgIpc) is 2.32. The van der Waals surface area contributed by atoms with Crippen LogP contribution >= 0.6 is 0 Å². The number of rotatable bonds is 4.